The number of nitrogens with zero attached hydrogens (tertiary/aromatic N) is 2. The number of nitrogens with one attached hydrogen (secondary N) is 1. The summed E-state index contributed by atoms with van der Waals surface area (Å²) in [6.07, 6.45) is 6.43. The van der Waals surface area contributed by atoms with Crippen LogP contribution in [-0.2, 0) is 14.8 Å². The Hall–Kier alpha value is -1.97. The Morgan fingerprint density at radius 2 is 1.91 bits per heavy atom. The lowest BCUT2D eigenvalue weighted by molar-refractivity contribution is -0.117. The third kappa shape index (κ3) is 5.50. The summed E-state index contributed by atoms with van der Waals surface area (Å²) in [5.41, 5.74) is 1.48. The molecule has 0 aliphatic heterocycles. The van der Waals surface area contributed by atoms with Crippen LogP contribution in [0.2, 0.25) is 0 Å². The molecule has 1 amide bonds. The molecule has 0 bridgehead atoms. The minimum Gasteiger partial charge on any atom is -0.495 e. The summed E-state index contributed by atoms with van der Waals surface area (Å²) in [7, 11) is -2.23. The molecular weight excluding hydrogens is 446 g/mol. The predicted molar refractivity (Wildman–Crippen MR) is 129 cm³/mol. The molecule has 1 saturated carbocycles. The van der Waals surface area contributed by atoms with Gasteiger partial charge in [-0.25, -0.2) is 13.4 Å². The number of hydrogen-bond acceptors (Lipinski definition) is 6. The maximum atomic E-state index is 13.2. The Bertz CT molecular complexity index is 1040. The van der Waals surface area contributed by atoms with Crippen LogP contribution in [0, 0.1) is 12.8 Å². The summed E-state index contributed by atoms with van der Waals surface area (Å²) in [6.45, 7) is 6.25. The van der Waals surface area contributed by atoms with Gasteiger partial charge in [0.05, 0.1) is 17.7 Å². The van der Waals surface area contributed by atoms with E-state index in [9.17, 15) is 13.2 Å². The zero-order valence-electron chi connectivity index (χ0n) is 19.3. The zero-order chi connectivity index (χ0) is 23.3. The molecule has 1 N–H and O–H groups in total. The summed E-state index contributed by atoms with van der Waals surface area (Å²) >= 11 is 1.36. The van der Waals surface area contributed by atoms with Crippen LogP contribution in [0.3, 0.4) is 0 Å². The summed E-state index contributed by atoms with van der Waals surface area (Å²) in [6, 6.07) is 5.14. The van der Waals surface area contributed by atoms with Crippen molar-refractivity contribution in [3.05, 3.63) is 23.9 Å². The monoisotopic (exact) mass is 479 g/mol. The lowest BCUT2D eigenvalue weighted by atomic mass is 9.87. The highest BCUT2D eigenvalue weighted by Crippen LogP contribution is 2.37. The molecule has 0 spiro atoms. The van der Waals surface area contributed by atoms with Gasteiger partial charge in [-0.1, -0.05) is 44.4 Å². The van der Waals surface area contributed by atoms with E-state index < -0.39 is 10.0 Å². The predicted octanol–water partition coefficient (Wildman–Crippen LogP) is 5.07. The number of hydrogen-bond donors (Lipinski definition) is 1. The number of amides is 1. The molecule has 7 nitrogen and oxygen atoms in total. The van der Waals surface area contributed by atoms with Crippen molar-refractivity contribution < 1.29 is 17.9 Å². The fourth-order valence-electron chi connectivity index (χ4n) is 4.26. The average Bonchev–Trinajstić information content (AvgIpc) is 3.14. The van der Waals surface area contributed by atoms with E-state index in [0.29, 0.717) is 36.3 Å². The second kappa shape index (κ2) is 10.8. The second-order valence-electron chi connectivity index (χ2n) is 8.14. The van der Waals surface area contributed by atoms with Gasteiger partial charge in [0.25, 0.3) is 0 Å². The first-order valence-corrected chi connectivity index (χ1v) is 13.5. The van der Waals surface area contributed by atoms with Crippen molar-refractivity contribution in [2.45, 2.75) is 64.2 Å². The van der Waals surface area contributed by atoms with Gasteiger partial charge in [-0.15, -0.1) is 0 Å². The van der Waals surface area contributed by atoms with Crippen molar-refractivity contribution in [2.24, 2.45) is 5.92 Å². The van der Waals surface area contributed by atoms with Gasteiger partial charge in [-0.05, 0) is 49.4 Å². The van der Waals surface area contributed by atoms with Gasteiger partial charge in [-0.2, -0.15) is 4.31 Å². The number of thiazole rings is 1. The summed E-state index contributed by atoms with van der Waals surface area (Å²) < 4.78 is 33.1. The standard InChI is InChI=1S/C23H33N3O4S2/c1-5-26(6-2)32(28,29)20-15-18(12-13-19(20)30-4)22-16(3)24-23(31-22)25-21(27)14-17-10-8-7-9-11-17/h12-13,15,17H,5-11,14H2,1-4H3,(H,24,25,27). The summed E-state index contributed by atoms with van der Waals surface area (Å²) in [4.78, 5) is 18.0. The molecule has 32 heavy (non-hydrogen) atoms. The van der Waals surface area contributed by atoms with Crippen LogP contribution in [0.15, 0.2) is 23.1 Å². The number of rotatable bonds is 9. The zero-order valence-corrected chi connectivity index (χ0v) is 20.9. The van der Waals surface area contributed by atoms with Gasteiger partial charge in [0.15, 0.2) is 5.13 Å². The smallest absolute Gasteiger partial charge is 0.246 e. The van der Waals surface area contributed by atoms with Crippen molar-refractivity contribution in [1.82, 2.24) is 9.29 Å². The number of sulfonamides is 1. The average molecular weight is 480 g/mol. The SMILES string of the molecule is CCN(CC)S(=O)(=O)c1cc(-c2sc(NC(=O)CC3CCCCC3)nc2C)ccc1OC. The van der Waals surface area contributed by atoms with Crippen LogP contribution in [-0.4, -0.2) is 43.8 Å². The molecule has 9 heteroatoms. The molecule has 1 heterocycles. The Morgan fingerprint density at radius 3 is 2.53 bits per heavy atom. The van der Waals surface area contributed by atoms with Crippen LogP contribution < -0.4 is 10.1 Å². The molecule has 1 fully saturated rings. The number of methoxy groups -OCH3 is 1. The number of carbonyl (C=O) groups is 1. The van der Waals surface area contributed by atoms with Gasteiger partial charge in [0, 0.05) is 19.5 Å². The largest absolute Gasteiger partial charge is 0.495 e. The highest BCUT2D eigenvalue weighted by molar-refractivity contribution is 7.89. The van der Waals surface area contributed by atoms with Crippen molar-refractivity contribution in [3.8, 4) is 16.2 Å². The van der Waals surface area contributed by atoms with E-state index in [4.69, 9.17) is 4.74 Å². The molecule has 3 rings (SSSR count). The molecule has 0 saturated heterocycles. The van der Waals surface area contributed by atoms with E-state index in [1.807, 2.05) is 26.8 Å². The third-order valence-corrected chi connectivity index (χ3v) is 9.18. The van der Waals surface area contributed by atoms with Gasteiger partial charge < -0.3 is 10.1 Å². The Morgan fingerprint density at radius 1 is 1.22 bits per heavy atom. The van der Waals surface area contributed by atoms with E-state index in [1.165, 1.54) is 42.0 Å². The fourth-order valence-corrected chi connectivity index (χ4v) is 6.88. The second-order valence-corrected chi connectivity index (χ2v) is 11.1. The third-order valence-electron chi connectivity index (χ3n) is 5.99. The number of carbonyl (C=O) groups excluding carboxylic acids is 1. The lowest BCUT2D eigenvalue weighted by Crippen LogP contribution is -2.30. The first kappa shape index (κ1) is 24.7. The maximum absolute atomic E-state index is 13.2. The Kier molecular flexibility index (Phi) is 8.30. The lowest BCUT2D eigenvalue weighted by Gasteiger charge is -2.20. The Labute approximate surface area is 195 Å². The molecule has 1 aliphatic carbocycles. The van der Waals surface area contributed by atoms with Crippen molar-refractivity contribution in [2.75, 3.05) is 25.5 Å². The summed E-state index contributed by atoms with van der Waals surface area (Å²) in [5.74, 6) is 0.763. The van der Waals surface area contributed by atoms with E-state index in [2.05, 4.69) is 10.3 Å². The van der Waals surface area contributed by atoms with Gasteiger partial charge >= 0.3 is 0 Å². The van der Waals surface area contributed by atoms with Crippen molar-refractivity contribution >= 4 is 32.4 Å². The number of aromatic nitrogens is 1. The van der Waals surface area contributed by atoms with Crippen LogP contribution in [0.5, 0.6) is 5.75 Å². The number of benzene rings is 1. The van der Waals surface area contributed by atoms with Crippen LogP contribution in [0.1, 0.15) is 58.1 Å². The Balaban J connectivity index is 1.85. The molecule has 1 aliphatic rings. The number of ether oxygens (including phenoxy) is 1. The quantitative estimate of drug-likeness (QED) is 0.543. The number of aryl methyl sites for hydroxylation is 1. The minimum atomic E-state index is -3.69. The van der Waals surface area contributed by atoms with Crippen LogP contribution in [0.4, 0.5) is 5.13 Å². The molecule has 1 aromatic carbocycles. The summed E-state index contributed by atoms with van der Waals surface area (Å²) in [5, 5.41) is 3.49. The molecule has 2 aromatic rings. The van der Waals surface area contributed by atoms with E-state index in [0.717, 1.165) is 29.0 Å². The molecular formula is C23H33N3O4S2. The topological polar surface area (TPSA) is 88.6 Å². The number of anilines is 1. The molecule has 176 valence electrons. The maximum Gasteiger partial charge on any atom is 0.246 e. The van der Waals surface area contributed by atoms with E-state index in [1.54, 1.807) is 12.1 Å². The van der Waals surface area contributed by atoms with E-state index in [-0.39, 0.29) is 10.8 Å². The minimum absolute atomic E-state index is 0.00303. The molecule has 0 unspecified atom stereocenters. The fraction of sp³-hybridized carbons (Fsp3) is 0.565. The normalized spacial score (nSPS) is 15.2. The molecule has 0 radical (unpaired) electrons. The highest BCUT2D eigenvalue weighted by atomic mass is 32.2. The van der Waals surface area contributed by atoms with Crippen LogP contribution >= 0.6 is 11.3 Å². The first-order valence-electron chi connectivity index (χ1n) is 11.3. The van der Waals surface area contributed by atoms with Crippen LogP contribution in [0.25, 0.3) is 10.4 Å². The van der Waals surface area contributed by atoms with Crippen molar-refractivity contribution in [1.29, 1.82) is 0 Å². The van der Waals surface area contributed by atoms with Gasteiger partial charge in [0.2, 0.25) is 15.9 Å². The highest BCUT2D eigenvalue weighted by Gasteiger charge is 2.27. The first-order chi connectivity index (χ1) is 15.3. The molecule has 0 atom stereocenters. The molecule has 1 aromatic heterocycles. The van der Waals surface area contributed by atoms with Crippen molar-refractivity contribution in [3.63, 3.8) is 0 Å². The van der Waals surface area contributed by atoms with Gasteiger partial charge in [0.1, 0.15) is 10.6 Å². The van der Waals surface area contributed by atoms with E-state index >= 15 is 0 Å². The van der Waals surface area contributed by atoms with Gasteiger partial charge in [-0.3, -0.25) is 4.79 Å².